The largest absolute Gasteiger partial charge is 0.273 e. The number of carbonyl (C=O) groups is 2. The highest BCUT2D eigenvalue weighted by Gasteiger charge is 2.27. The summed E-state index contributed by atoms with van der Waals surface area (Å²) in [5.74, 6) is -0.491. The molecule has 2 amide bonds. The fourth-order valence-electron chi connectivity index (χ4n) is 2.09. The number of hydrazine groups is 1. The molecule has 0 atom stereocenters. The second-order valence-corrected chi connectivity index (χ2v) is 4.35. The molecule has 1 saturated heterocycles. The van der Waals surface area contributed by atoms with Crippen LogP contribution in [0.3, 0.4) is 0 Å². The molecule has 1 N–H and O–H groups in total. The van der Waals surface area contributed by atoms with Crippen LogP contribution in [-0.4, -0.2) is 11.8 Å². The van der Waals surface area contributed by atoms with Crippen molar-refractivity contribution in [2.24, 2.45) is 0 Å². The first-order valence-corrected chi connectivity index (χ1v) is 6.02. The Hall–Kier alpha value is -2.62. The third kappa shape index (κ3) is 2.20. The predicted octanol–water partition coefficient (Wildman–Crippen LogP) is 2.12. The molecule has 1 aliphatic heterocycles. The van der Waals surface area contributed by atoms with Crippen molar-refractivity contribution in [1.29, 1.82) is 0 Å². The molecule has 1 heterocycles. The van der Waals surface area contributed by atoms with Gasteiger partial charge in [-0.25, -0.2) is 5.01 Å². The maximum absolute atomic E-state index is 11.6. The van der Waals surface area contributed by atoms with Crippen LogP contribution in [0.4, 0.5) is 5.69 Å². The van der Waals surface area contributed by atoms with Crippen LogP contribution in [0.5, 0.6) is 0 Å². The Morgan fingerprint density at radius 3 is 2.05 bits per heavy atom. The van der Waals surface area contributed by atoms with Gasteiger partial charge in [0.2, 0.25) is 5.91 Å². The van der Waals surface area contributed by atoms with E-state index in [0.29, 0.717) is 5.69 Å². The van der Waals surface area contributed by atoms with Gasteiger partial charge < -0.3 is 0 Å². The number of benzene rings is 2. The Bertz CT molecular complexity index is 620. The van der Waals surface area contributed by atoms with E-state index >= 15 is 0 Å². The van der Waals surface area contributed by atoms with E-state index in [4.69, 9.17) is 0 Å². The number of nitrogens with one attached hydrogen (secondary N) is 1. The van der Waals surface area contributed by atoms with E-state index in [1.165, 1.54) is 5.01 Å². The lowest BCUT2D eigenvalue weighted by Gasteiger charge is -2.15. The van der Waals surface area contributed by atoms with E-state index in [0.717, 1.165) is 11.1 Å². The Morgan fingerprint density at radius 1 is 0.842 bits per heavy atom. The molecule has 1 fully saturated rings. The van der Waals surface area contributed by atoms with Crippen molar-refractivity contribution >= 4 is 17.5 Å². The molecule has 4 nitrogen and oxygen atoms in total. The highest BCUT2D eigenvalue weighted by atomic mass is 16.2. The topological polar surface area (TPSA) is 49.4 Å². The van der Waals surface area contributed by atoms with Gasteiger partial charge in [0, 0.05) is 0 Å². The molecule has 0 spiro atoms. The summed E-state index contributed by atoms with van der Waals surface area (Å²) < 4.78 is 0. The predicted molar refractivity (Wildman–Crippen MR) is 72.1 cm³/mol. The molecule has 2 aromatic carbocycles. The van der Waals surface area contributed by atoms with E-state index in [1.54, 1.807) is 0 Å². The smallest absolute Gasteiger partial charge is 0.255 e. The summed E-state index contributed by atoms with van der Waals surface area (Å²) in [4.78, 5) is 22.7. The van der Waals surface area contributed by atoms with E-state index in [2.05, 4.69) is 5.43 Å². The Kier molecular flexibility index (Phi) is 2.76. The first-order valence-electron chi connectivity index (χ1n) is 6.02. The molecule has 0 saturated carbocycles. The summed E-state index contributed by atoms with van der Waals surface area (Å²) in [6, 6.07) is 17.5. The zero-order valence-corrected chi connectivity index (χ0v) is 10.2. The van der Waals surface area contributed by atoms with Crippen LogP contribution in [-0.2, 0) is 9.59 Å². The van der Waals surface area contributed by atoms with E-state index in [1.807, 2.05) is 54.6 Å². The molecule has 1 aliphatic rings. The second-order valence-electron chi connectivity index (χ2n) is 4.35. The summed E-state index contributed by atoms with van der Waals surface area (Å²) in [6.07, 6.45) is -0.0829. The lowest BCUT2D eigenvalue weighted by Crippen LogP contribution is -2.35. The molecule has 0 unspecified atom stereocenters. The second kappa shape index (κ2) is 4.57. The van der Waals surface area contributed by atoms with Gasteiger partial charge in [-0.05, 0) is 23.3 Å². The highest BCUT2D eigenvalue weighted by molar-refractivity contribution is 6.11. The maximum Gasteiger partial charge on any atom is 0.255 e. The molecule has 19 heavy (non-hydrogen) atoms. The van der Waals surface area contributed by atoms with Gasteiger partial charge in [0.1, 0.15) is 6.42 Å². The fourth-order valence-corrected chi connectivity index (χ4v) is 2.09. The van der Waals surface area contributed by atoms with Gasteiger partial charge in [-0.15, -0.1) is 0 Å². The summed E-state index contributed by atoms with van der Waals surface area (Å²) in [6.45, 7) is 0. The summed E-state index contributed by atoms with van der Waals surface area (Å²) in [7, 11) is 0. The molecule has 3 rings (SSSR count). The zero-order valence-electron chi connectivity index (χ0n) is 10.2. The van der Waals surface area contributed by atoms with Crippen LogP contribution >= 0.6 is 0 Å². The lowest BCUT2D eigenvalue weighted by atomic mass is 10.1. The fraction of sp³-hybridized carbons (Fsp3) is 0.0667. The maximum atomic E-state index is 11.6. The quantitative estimate of drug-likeness (QED) is 0.832. The monoisotopic (exact) mass is 252 g/mol. The SMILES string of the molecule is O=C1CC(=O)N(c2ccc(-c3ccccc3)cc2)N1. The van der Waals surface area contributed by atoms with Crippen molar-refractivity contribution in [2.75, 3.05) is 5.01 Å². The van der Waals surface area contributed by atoms with Gasteiger partial charge in [0.25, 0.3) is 5.91 Å². The van der Waals surface area contributed by atoms with Crippen molar-refractivity contribution in [3.05, 3.63) is 54.6 Å². The summed E-state index contributed by atoms with van der Waals surface area (Å²) in [5, 5.41) is 1.29. The van der Waals surface area contributed by atoms with Crippen LogP contribution in [0.1, 0.15) is 6.42 Å². The first-order chi connectivity index (χ1) is 9.24. The number of carbonyl (C=O) groups excluding carboxylic acids is 2. The lowest BCUT2D eigenvalue weighted by molar-refractivity contribution is -0.122. The highest BCUT2D eigenvalue weighted by Crippen LogP contribution is 2.23. The van der Waals surface area contributed by atoms with E-state index in [-0.39, 0.29) is 18.2 Å². The average Bonchev–Trinajstić information content (AvgIpc) is 2.79. The van der Waals surface area contributed by atoms with Gasteiger partial charge in [-0.3, -0.25) is 15.0 Å². The van der Waals surface area contributed by atoms with Crippen molar-refractivity contribution in [3.63, 3.8) is 0 Å². The minimum absolute atomic E-state index is 0.0829. The molecular weight excluding hydrogens is 240 g/mol. The Labute approximate surface area is 110 Å². The molecule has 0 aromatic heterocycles. The van der Waals surface area contributed by atoms with Crippen LogP contribution in [0, 0.1) is 0 Å². The third-order valence-electron chi connectivity index (χ3n) is 3.03. The summed E-state index contributed by atoms with van der Waals surface area (Å²) in [5.41, 5.74) is 5.39. The third-order valence-corrected chi connectivity index (χ3v) is 3.03. The van der Waals surface area contributed by atoms with Gasteiger partial charge >= 0.3 is 0 Å². The zero-order chi connectivity index (χ0) is 13.2. The van der Waals surface area contributed by atoms with Crippen LogP contribution in [0.2, 0.25) is 0 Å². The number of rotatable bonds is 2. The number of hydrogen-bond acceptors (Lipinski definition) is 2. The molecule has 4 heteroatoms. The summed E-state index contributed by atoms with van der Waals surface area (Å²) >= 11 is 0. The van der Waals surface area contributed by atoms with Crippen molar-refractivity contribution in [2.45, 2.75) is 6.42 Å². The number of anilines is 1. The van der Waals surface area contributed by atoms with E-state index in [9.17, 15) is 9.59 Å². The van der Waals surface area contributed by atoms with Crippen LogP contribution in [0.25, 0.3) is 11.1 Å². The molecular formula is C15H12N2O2. The van der Waals surface area contributed by atoms with Gasteiger partial charge in [-0.1, -0.05) is 42.5 Å². The molecule has 0 bridgehead atoms. The molecule has 0 radical (unpaired) electrons. The number of hydrogen-bond donors (Lipinski definition) is 1. The standard InChI is InChI=1S/C15H12N2O2/c18-14-10-15(19)17(16-14)13-8-6-12(7-9-13)11-4-2-1-3-5-11/h1-9H,10H2,(H,16,18). The first kappa shape index (κ1) is 11.5. The van der Waals surface area contributed by atoms with Crippen molar-refractivity contribution < 1.29 is 9.59 Å². The van der Waals surface area contributed by atoms with E-state index < -0.39 is 0 Å². The molecule has 94 valence electrons. The molecule has 2 aromatic rings. The number of amides is 2. The van der Waals surface area contributed by atoms with Crippen molar-refractivity contribution in [3.8, 4) is 11.1 Å². The van der Waals surface area contributed by atoms with Crippen LogP contribution < -0.4 is 10.4 Å². The Balaban J connectivity index is 1.87. The van der Waals surface area contributed by atoms with Crippen LogP contribution in [0.15, 0.2) is 54.6 Å². The Morgan fingerprint density at radius 2 is 1.47 bits per heavy atom. The van der Waals surface area contributed by atoms with Gasteiger partial charge in [0.05, 0.1) is 5.69 Å². The van der Waals surface area contributed by atoms with Crippen molar-refractivity contribution in [1.82, 2.24) is 5.43 Å². The molecule has 0 aliphatic carbocycles. The average molecular weight is 252 g/mol. The van der Waals surface area contributed by atoms with Gasteiger partial charge in [0.15, 0.2) is 0 Å². The van der Waals surface area contributed by atoms with Gasteiger partial charge in [-0.2, -0.15) is 0 Å². The number of nitrogens with zero attached hydrogens (tertiary/aromatic N) is 1. The minimum atomic E-state index is -0.267. The minimum Gasteiger partial charge on any atom is -0.273 e. The normalized spacial score (nSPS) is 14.6.